The molecule has 1 aromatic rings. The van der Waals surface area contributed by atoms with Gasteiger partial charge >= 0.3 is 0 Å². The van der Waals surface area contributed by atoms with Gasteiger partial charge in [-0.1, -0.05) is 0 Å². The summed E-state index contributed by atoms with van der Waals surface area (Å²) in [7, 11) is 1.92. The second kappa shape index (κ2) is 7.13. The van der Waals surface area contributed by atoms with Crippen molar-refractivity contribution in [1.82, 2.24) is 9.78 Å². The zero-order valence-electron chi connectivity index (χ0n) is 11.3. The summed E-state index contributed by atoms with van der Waals surface area (Å²) in [5.74, 6) is 0. The van der Waals surface area contributed by atoms with E-state index in [9.17, 15) is 4.79 Å². The third kappa shape index (κ3) is 3.82. The quantitative estimate of drug-likeness (QED) is 0.745. The Bertz CT molecular complexity index is 419. The number of aromatic nitrogens is 2. The van der Waals surface area contributed by atoms with Crippen molar-refractivity contribution in [3.05, 3.63) is 22.6 Å². The van der Waals surface area contributed by atoms with E-state index in [0.717, 1.165) is 12.2 Å². The molecule has 6 heteroatoms. The molecule has 18 heavy (non-hydrogen) atoms. The minimum Gasteiger partial charge on any atom is -0.375 e. The SMILES string of the molecule is CCOC(CN)Cn1ncc(N(C)CC)cc1=O. The molecule has 0 aliphatic carbocycles. The van der Waals surface area contributed by atoms with Crippen molar-refractivity contribution in [3.8, 4) is 0 Å². The molecule has 2 N–H and O–H groups in total. The smallest absolute Gasteiger partial charge is 0.268 e. The molecule has 0 saturated heterocycles. The second-order valence-corrected chi connectivity index (χ2v) is 4.06. The molecule has 0 fully saturated rings. The third-order valence-corrected chi connectivity index (χ3v) is 2.81. The first kappa shape index (κ1) is 14.7. The van der Waals surface area contributed by atoms with Crippen molar-refractivity contribution in [2.45, 2.75) is 26.5 Å². The van der Waals surface area contributed by atoms with Gasteiger partial charge in [0.15, 0.2) is 0 Å². The Labute approximate surface area is 107 Å². The largest absolute Gasteiger partial charge is 0.375 e. The zero-order chi connectivity index (χ0) is 13.5. The van der Waals surface area contributed by atoms with Crippen molar-refractivity contribution in [2.24, 2.45) is 5.73 Å². The fourth-order valence-corrected chi connectivity index (χ4v) is 1.58. The number of hydrogen-bond donors (Lipinski definition) is 1. The lowest BCUT2D eigenvalue weighted by molar-refractivity contribution is 0.0531. The van der Waals surface area contributed by atoms with Gasteiger partial charge in [0.1, 0.15) is 0 Å². The summed E-state index contributed by atoms with van der Waals surface area (Å²) >= 11 is 0. The van der Waals surface area contributed by atoms with Gasteiger partial charge in [-0.25, -0.2) is 4.68 Å². The van der Waals surface area contributed by atoms with Crippen molar-refractivity contribution >= 4 is 5.69 Å². The van der Waals surface area contributed by atoms with Gasteiger partial charge in [0.05, 0.1) is 24.5 Å². The van der Waals surface area contributed by atoms with Gasteiger partial charge in [-0.05, 0) is 13.8 Å². The van der Waals surface area contributed by atoms with Crippen LogP contribution in [0.5, 0.6) is 0 Å². The van der Waals surface area contributed by atoms with Crippen LogP contribution in [-0.2, 0) is 11.3 Å². The van der Waals surface area contributed by atoms with E-state index in [1.807, 2.05) is 25.8 Å². The molecule has 1 aromatic heterocycles. The monoisotopic (exact) mass is 254 g/mol. The molecule has 1 heterocycles. The highest BCUT2D eigenvalue weighted by atomic mass is 16.5. The Kier molecular flexibility index (Phi) is 5.80. The summed E-state index contributed by atoms with van der Waals surface area (Å²) < 4.78 is 6.80. The van der Waals surface area contributed by atoms with Gasteiger partial charge < -0.3 is 15.4 Å². The van der Waals surface area contributed by atoms with Gasteiger partial charge in [0.25, 0.3) is 5.56 Å². The molecule has 0 aliphatic rings. The molecule has 0 spiro atoms. The topological polar surface area (TPSA) is 73.4 Å². The predicted octanol–water partition coefficient (Wildman–Crippen LogP) is 0.0632. The van der Waals surface area contributed by atoms with Gasteiger partial charge in [-0.2, -0.15) is 5.10 Å². The van der Waals surface area contributed by atoms with Crippen molar-refractivity contribution in [2.75, 3.05) is 31.6 Å². The van der Waals surface area contributed by atoms with E-state index in [1.54, 1.807) is 12.3 Å². The van der Waals surface area contributed by atoms with Gasteiger partial charge in [-0.15, -0.1) is 0 Å². The minimum absolute atomic E-state index is 0.133. The van der Waals surface area contributed by atoms with E-state index in [-0.39, 0.29) is 11.7 Å². The fraction of sp³-hybridized carbons (Fsp3) is 0.667. The predicted molar refractivity (Wildman–Crippen MR) is 71.9 cm³/mol. The van der Waals surface area contributed by atoms with Crippen LogP contribution in [0.4, 0.5) is 5.69 Å². The fourth-order valence-electron chi connectivity index (χ4n) is 1.58. The summed E-state index contributed by atoms with van der Waals surface area (Å²) in [6.45, 7) is 6.09. The van der Waals surface area contributed by atoms with Crippen molar-refractivity contribution < 1.29 is 4.74 Å². The number of rotatable bonds is 7. The molecule has 102 valence electrons. The Hall–Kier alpha value is -1.40. The molecular formula is C12H22N4O2. The number of ether oxygens (including phenoxy) is 1. The van der Waals surface area contributed by atoms with Crippen LogP contribution in [0.25, 0.3) is 0 Å². The summed E-state index contributed by atoms with van der Waals surface area (Å²) in [5, 5.41) is 4.14. The number of nitrogens with zero attached hydrogens (tertiary/aromatic N) is 3. The van der Waals surface area contributed by atoms with Gasteiger partial charge in [0.2, 0.25) is 0 Å². The molecule has 0 radical (unpaired) electrons. The van der Waals surface area contributed by atoms with Gasteiger partial charge in [-0.3, -0.25) is 4.79 Å². The normalized spacial score (nSPS) is 12.4. The van der Waals surface area contributed by atoms with Crippen LogP contribution >= 0.6 is 0 Å². The molecule has 0 bridgehead atoms. The molecule has 6 nitrogen and oxygen atoms in total. The standard InChI is InChI=1S/C12H22N4O2/c1-4-15(3)10-6-12(17)16(14-8-10)9-11(7-13)18-5-2/h6,8,11H,4-5,7,9,13H2,1-3H3. The minimum atomic E-state index is -0.171. The highest BCUT2D eigenvalue weighted by Gasteiger charge is 2.10. The molecule has 0 aromatic carbocycles. The molecule has 1 unspecified atom stereocenters. The average Bonchev–Trinajstić information content (AvgIpc) is 2.39. The Morgan fingerprint density at radius 1 is 1.56 bits per heavy atom. The van der Waals surface area contributed by atoms with Crippen LogP contribution in [0.15, 0.2) is 17.1 Å². The molecule has 1 rings (SSSR count). The van der Waals surface area contributed by atoms with Crippen LogP contribution < -0.4 is 16.2 Å². The average molecular weight is 254 g/mol. The third-order valence-electron chi connectivity index (χ3n) is 2.81. The van der Waals surface area contributed by atoms with Crippen LogP contribution in [0.3, 0.4) is 0 Å². The molecule has 0 aliphatic heterocycles. The molecule has 1 atom stereocenters. The Morgan fingerprint density at radius 3 is 2.78 bits per heavy atom. The van der Waals surface area contributed by atoms with E-state index < -0.39 is 0 Å². The number of anilines is 1. The maximum absolute atomic E-state index is 11.9. The van der Waals surface area contributed by atoms with E-state index in [1.165, 1.54) is 4.68 Å². The maximum atomic E-state index is 11.9. The van der Waals surface area contributed by atoms with E-state index >= 15 is 0 Å². The number of hydrogen-bond acceptors (Lipinski definition) is 5. The first-order valence-electron chi connectivity index (χ1n) is 6.22. The Morgan fingerprint density at radius 2 is 2.28 bits per heavy atom. The lowest BCUT2D eigenvalue weighted by Gasteiger charge is -2.18. The van der Waals surface area contributed by atoms with Crippen LogP contribution in [0.1, 0.15) is 13.8 Å². The van der Waals surface area contributed by atoms with E-state index in [4.69, 9.17) is 10.5 Å². The summed E-state index contributed by atoms with van der Waals surface area (Å²) in [5.41, 5.74) is 6.27. The van der Waals surface area contributed by atoms with E-state index in [0.29, 0.717) is 19.7 Å². The van der Waals surface area contributed by atoms with Gasteiger partial charge in [0, 0.05) is 32.8 Å². The van der Waals surface area contributed by atoms with Crippen molar-refractivity contribution in [1.29, 1.82) is 0 Å². The summed E-state index contributed by atoms with van der Waals surface area (Å²) in [4.78, 5) is 13.9. The first-order valence-corrected chi connectivity index (χ1v) is 6.22. The first-order chi connectivity index (χ1) is 8.62. The highest BCUT2D eigenvalue weighted by molar-refractivity contribution is 5.41. The molecular weight excluding hydrogens is 232 g/mol. The zero-order valence-corrected chi connectivity index (χ0v) is 11.3. The van der Waals surface area contributed by atoms with E-state index in [2.05, 4.69) is 5.10 Å². The molecule has 0 saturated carbocycles. The second-order valence-electron chi connectivity index (χ2n) is 4.06. The maximum Gasteiger partial charge on any atom is 0.268 e. The summed E-state index contributed by atoms with van der Waals surface area (Å²) in [6.07, 6.45) is 1.51. The Balaban J connectivity index is 2.82. The van der Waals surface area contributed by atoms with Crippen LogP contribution in [0, 0.1) is 0 Å². The van der Waals surface area contributed by atoms with Crippen molar-refractivity contribution in [3.63, 3.8) is 0 Å². The molecule has 0 amide bonds. The lowest BCUT2D eigenvalue weighted by atomic mass is 10.3. The summed E-state index contributed by atoms with van der Waals surface area (Å²) in [6, 6.07) is 1.58. The highest BCUT2D eigenvalue weighted by Crippen LogP contribution is 2.06. The number of nitrogens with two attached hydrogens (primary N) is 1. The van der Waals surface area contributed by atoms with Crippen LogP contribution in [-0.4, -0.2) is 42.6 Å². The lowest BCUT2D eigenvalue weighted by Crippen LogP contribution is -2.35. The van der Waals surface area contributed by atoms with Crippen LogP contribution in [0.2, 0.25) is 0 Å².